The Morgan fingerprint density at radius 2 is 0.844 bits per heavy atom. The van der Waals surface area contributed by atoms with Gasteiger partial charge in [-0.1, -0.05) is 96.1 Å². The third-order valence-corrected chi connectivity index (χ3v) is 3.33. The van der Waals surface area contributed by atoms with E-state index in [1.54, 1.807) is 19.2 Å². The van der Waals surface area contributed by atoms with E-state index in [4.69, 9.17) is 0 Å². The van der Waals surface area contributed by atoms with Crippen LogP contribution in [0.25, 0.3) is 0 Å². The van der Waals surface area contributed by atoms with Crippen LogP contribution < -0.4 is 16.0 Å². The van der Waals surface area contributed by atoms with Crippen molar-refractivity contribution in [1.82, 2.24) is 5.32 Å². The first-order valence-electron chi connectivity index (χ1n) is 11.1. The standard InChI is InChI=1S/C13H12N2O.C8H9NO.3C2H6/c16-13(14-11-7-3-1-4-8-11)15-12-9-5-2-6-10-12;1-9-8(10)7-5-3-2-4-6-7;3*1-2/h1-10H,(H2,14,15,16);2-6H,1H3,(H,9,10);3*1-2H3. The van der Waals surface area contributed by atoms with Gasteiger partial charge < -0.3 is 16.0 Å². The molecule has 0 aliphatic heterocycles. The monoisotopic (exact) mass is 437 g/mol. The minimum atomic E-state index is -0.239. The Labute approximate surface area is 194 Å². The van der Waals surface area contributed by atoms with Crippen LogP contribution in [0.15, 0.2) is 91.0 Å². The van der Waals surface area contributed by atoms with Crippen LogP contribution in [0.3, 0.4) is 0 Å². The molecule has 3 amide bonds. The van der Waals surface area contributed by atoms with E-state index in [9.17, 15) is 9.59 Å². The molecule has 0 bridgehead atoms. The van der Waals surface area contributed by atoms with E-state index >= 15 is 0 Å². The number of carbonyl (C=O) groups is 2. The van der Waals surface area contributed by atoms with Crippen LogP contribution in [0.4, 0.5) is 16.2 Å². The normalized spacial score (nSPS) is 8.09. The molecule has 174 valence electrons. The van der Waals surface area contributed by atoms with Gasteiger partial charge in [0.1, 0.15) is 0 Å². The molecule has 0 aliphatic carbocycles. The van der Waals surface area contributed by atoms with Gasteiger partial charge in [0.05, 0.1) is 0 Å². The summed E-state index contributed by atoms with van der Waals surface area (Å²) in [6.07, 6.45) is 0. The van der Waals surface area contributed by atoms with Gasteiger partial charge in [-0.2, -0.15) is 0 Å². The fourth-order valence-corrected chi connectivity index (χ4v) is 2.07. The molecule has 0 heterocycles. The zero-order valence-corrected chi connectivity index (χ0v) is 20.5. The van der Waals surface area contributed by atoms with Gasteiger partial charge >= 0.3 is 6.03 Å². The Morgan fingerprint density at radius 1 is 0.531 bits per heavy atom. The lowest BCUT2D eigenvalue weighted by Gasteiger charge is -2.06. The summed E-state index contributed by atoms with van der Waals surface area (Å²) < 4.78 is 0. The van der Waals surface area contributed by atoms with Crippen molar-refractivity contribution in [2.75, 3.05) is 17.7 Å². The van der Waals surface area contributed by atoms with Crippen molar-refractivity contribution in [2.24, 2.45) is 0 Å². The maximum absolute atomic E-state index is 11.6. The molecule has 0 fully saturated rings. The molecule has 3 N–H and O–H groups in total. The van der Waals surface area contributed by atoms with Crippen molar-refractivity contribution < 1.29 is 9.59 Å². The number of para-hydroxylation sites is 2. The highest BCUT2D eigenvalue weighted by molar-refractivity contribution is 5.99. The quantitative estimate of drug-likeness (QED) is 0.398. The van der Waals surface area contributed by atoms with E-state index in [-0.39, 0.29) is 11.9 Å². The van der Waals surface area contributed by atoms with Gasteiger partial charge in [-0.25, -0.2) is 4.79 Å². The lowest BCUT2D eigenvalue weighted by atomic mass is 10.2. The van der Waals surface area contributed by atoms with Crippen LogP contribution in [0.1, 0.15) is 51.9 Å². The van der Waals surface area contributed by atoms with E-state index in [1.807, 2.05) is 120 Å². The van der Waals surface area contributed by atoms with Crippen LogP contribution in [-0.4, -0.2) is 19.0 Å². The largest absolute Gasteiger partial charge is 0.355 e. The molecule has 3 rings (SSSR count). The number of rotatable bonds is 3. The van der Waals surface area contributed by atoms with Crippen LogP contribution in [0.5, 0.6) is 0 Å². The number of amides is 3. The van der Waals surface area contributed by atoms with Crippen LogP contribution >= 0.6 is 0 Å². The van der Waals surface area contributed by atoms with Gasteiger partial charge in [0, 0.05) is 24.0 Å². The van der Waals surface area contributed by atoms with Crippen molar-refractivity contribution in [3.63, 3.8) is 0 Å². The predicted octanol–water partition coefficient (Wildman–Crippen LogP) is 7.46. The molecule has 0 unspecified atom stereocenters. The third kappa shape index (κ3) is 14.4. The SMILES string of the molecule is CC.CC.CC.CNC(=O)c1ccccc1.O=C(Nc1ccccc1)Nc1ccccc1. The summed E-state index contributed by atoms with van der Waals surface area (Å²) in [5.74, 6) is -0.0411. The fraction of sp³-hybridized carbons (Fsp3) is 0.259. The third-order valence-electron chi connectivity index (χ3n) is 3.33. The molecule has 0 spiro atoms. The number of benzene rings is 3. The van der Waals surface area contributed by atoms with Gasteiger partial charge in [0.25, 0.3) is 5.91 Å². The molecule has 32 heavy (non-hydrogen) atoms. The van der Waals surface area contributed by atoms with Gasteiger partial charge in [-0.15, -0.1) is 0 Å². The van der Waals surface area contributed by atoms with E-state index < -0.39 is 0 Å². The van der Waals surface area contributed by atoms with Gasteiger partial charge in [-0.05, 0) is 36.4 Å². The first-order chi connectivity index (χ1) is 15.7. The molecule has 0 saturated heterocycles. The first kappa shape index (κ1) is 30.6. The molecule has 3 aromatic rings. The van der Waals surface area contributed by atoms with Crippen molar-refractivity contribution in [3.05, 3.63) is 96.6 Å². The first-order valence-corrected chi connectivity index (χ1v) is 11.1. The lowest BCUT2D eigenvalue weighted by molar-refractivity contribution is 0.0963. The summed E-state index contributed by atoms with van der Waals surface area (Å²) >= 11 is 0. The number of hydrogen-bond donors (Lipinski definition) is 3. The Bertz CT molecular complexity index is 765. The van der Waals surface area contributed by atoms with E-state index in [0.29, 0.717) is 5.56 Å². The number of hydrogen-bond acceptors (Lipinski definition) is 2. The number of carbonyl (C=O) groups excluding carboxylic acids is 2. The Hall–Kier alpha value is -3.60. The summed E-state index contributed by atoms with van der Waals surface area (Å²) in [6.45, 7) is 12.0. The minimum absolute atomic E-state index is 0.0411. The average Bonchev–Trinajstić information content (AvgIpc) is 2.89. The zero-order valence-electron chi connectivity index (χ0n) is 20.5. The summed E-state index contributed by atoms with van der Waals surface area (Å²) in [5.41, 5.74) is 2.25. The van der Waals surface area contributed by atoms with Crippen molar-refractivity contribution in [1.29, 1.82) is 0 Å². The fourth-order valence-electron chi connectivity index (χ4n) is 2.07. The number of nitrogens with one attached hydrogen (secondary N) is 3. The molecular formula is C27H39N3O2. The van der Waals surface area contributed by atoms with Crippen molar-refractivity contribution in [2.45, 2.75) is 41.5 Å². The molecule has 0 aliphatic rings. The zero-order chi connectivity index (χ0) is 24.6. The van der Waals surface area contributed by atoms with Crippen LogP contribution in [0.2, 0.25) is 0 Å². The molecule has 5 heteroatoms. The van der Waals surface area contributed by atoms with Crippen molar-refractivity contribution in [3.8, 4) is 0 Å². The van der Waals surface area contributed by atoms with Gasteiger partial charge in [-0.3, -0.25) is 4.79 Å². The highest BCUT2D eigenvalue weighted by atomic mass is 16.2. The molecular weight excluding hydrogens is 398 g/mol. The molecule has 0 saturated carbocycles. The predicted molar refractivity (Wildman–Crippen MR) is 139 cm³/mol. The second kappa shape index (κ2) is 22.1. The number of urea groups is 1. The summed E-state index contributed by atoms with van der Waals surface area (Å²) in [7, 11) is 1.62. The molecule has 0 atom stereocenters. The van der Waals surface area contributed by atoms with E-state index in [1.165, 1.54) is 0 Å². The summed E-state index contributed by atoms with van der Waals surface area (Å²) in [5, 5.41) is 8.02. The maximum atomic E-state index is 11.6. The minimum Gasteiger partial charge on any atom is -0.355 e. The smallest absolute Gasteiger partial charge is 0.323 e. The maximum Gasteiger partial charge on any atom is 0.323 e. The Balaban J connectivity index is 0. The molecule has 3 aromatic carbocycles. The Kier molecular flexibility index (Phi) is 21.1. The average molecular weight is 438 g/mol. The second-order valence-corrected chi connectivity index (χ2v) is 5.26. The highest BCUT2D eigenvalue weighted by Crippen LogP contribution is 2.08. The molecule has 0 aromatic heterocycles. The lowest BCUT2D eigenvalue weighted by Crippen LogP contribution is -2.19. The van der Waals surface area contributed by atoms with E-state index in [0.717, 1.165) is 11.4 Å². The van der Waals surface area contributed by atoms with Crippen molar-refractivity contribution >= 4 is 23.3 Å². The van der Waals surface area contributed by atoms with Crippen LogP contribution in [-0.2, 0) is 0 Å². The van der Waals surface area contributed by atoms with Crippen LogP contribution in [0, 0.1) is 0 Å². The second-order valence-electron chi connectivity index (χ2n) is 5.26. The highest BCUT2D eigenvalue weighted by Gasteiger charge is 2.00. The topological polar surface area (TPSA) is 70.2 Å². The molecule has 5 nitrogen and oxygen atoms in total. The van der Waals surface area contributed by atoms with Gasteiger partial charge in [0.15, 0.2) is 0 Å². The van der Waals surface area contributed by atoms with Gasteiger partial charge in [0.2, 0.25) is 0 Å². The molecule has 0 radical (unpaired) electrons. The Morgan fingerprint density at radius 3 is 1.16 bits per heavy atom. The summed E-state index contributed by atoms with van der Waals surface area (Å²) in [4.78, 5) is 22.5. The van der Waals surface area contributed by atoms with E-state index in [2.05, 4.69) is 16.0 Å². The number of anilines is 2. The summed E-state index contributed by atoms with van der Waals surface area (Å²) in [6, 6.07) is 27.5.